The molecule has 1 aromatic heterocycles. The van der Waals surface area contributed by atoms with Crippen LogP contribution in [0.2, 0.25) is 0 Å². The molecule has 0 bridgehead atoms. The Morgan fingerprint density at radius 3 is 2.76 bits per heavy atom. The zero-order valence-electron chi connectivity index (χ0n) is 15.0. The van der Waals surface area contributed by atoms with Crippen LogP contribution in [0.4, 0.5) is 5.82 Å². The van der Waals surface area contributed by atoms with E-state index in [1.165, 1.54) is 18.9 Å². The van der Waals surface area contributed by atoms with Crippen molar-refractivity contribution in [2.45, 2.75) is 70.8 Å². The Hall–Kier alpha value is -2.11. The summed E-state index contributed by atoms with van der Waals surface area (Å²) >= 11 is 0. The summed E-state index contributed by atoms with van der Waals surface area (Å²) in [5.74, 6) is -0.192. The number of unbranched alkanes of at least 4 members (excludes halogenated alkanes) is 4. The Bertz CT molecular complexity index is 589. The molecule has 6 nitrogen and oxygen atoms in total. The van der Waals surface area contributed by atoms with Gasteiger partial charge >= 0.3 is 5.97 Å². The standard InChI is InChI=1S/C19H29N3O3/c1-14(23)21-17(19(24)25)10-6-4-2-3-5-9-16-12-11-15-8-7-13-20-18(15)22-16/h11-12,17H,2-10,13H2,1H3,(H,20,22)(H,21,23)(H,24,25)/t17-/m0/s1. The average Bonchev–Trinajstić information content (AvgIpc) is 2.59. The maximum atomic E-state index is 11.0. The molecule has 138 valence electrons. The Kier molecular flexibility index (Phi) is 7.70. The van der Waals surface area contributed by atoms with Gasteiger partial charge in [0.2, 0.25) is 5.91 Å². The molecule has 6 heteroatoms. The van der Waals surface area contributed by atoms with Crippen molar-refractivity contribution < 1.29 is 14.7 Å². The molecule has 0 unspecified atom stereocenters. The third kappa shape index (κ3) is 6.72. The maximum absolute atomic E-state index is 11.0. The number of aliphatic carboxylic acids is 1. The number of fused-ring (bicyclic) bond motifs is 1. The van der Waals surface area contributed by atoms with Crippen LogP contribution in [0.25, 0.3) is 0 Å². The van der Waals surface area contributed by atoms with Crippen LogP contribution in [-0.2, 0) is 22.4 Å². The highest BCUT2D eigenvalue weighted by molar-refractivity contribution is 5.81. The van der Waals surface area contributed by atoms with Crippen LogP contribution in [0.15, 0.2) is 12.1 Å². The summed E-state index contributed by atoms with van der Waals surface area (Å²) < 4.78 is 0. The molecule has 2 heterocycles. The molecule has 25 heavy (non-hydrogen) atoms. The number of nitrogens with zero attached hydrogens (tertiary/aromatic N) is 1. The van der Waals surface area contributed by atoms with Gasteiger partial charge in [0.15, 0.2) is 0 Å². The minimum Gasteiger partial charge on any atom is -0.480 e. The van der Waals surface area contributed by atoms with E-state index >= 15 is 0 Å². The number of anilines is 1. The quantitative estimate of drug-likeness (QED) is 0.566. The Labute approximate surface area is 149 Å². The van der Waals surface area contributed by atoms with Gasteiger partial charge in [-0.1, -0.05) is 31.7 Å². The van der Waals surface area contributed by atoms with E-state index in [1.807, 2.05) is 0 Å². The number of hydrogen-bond acceptors (Lipinski definition) is 4. The number of carboxylic acids is 1. The summed E-state index contributed by atoms with van der Waals surface area (Å²) in [4.78, 5) is 26.7. The number of carboxylic acid groups (broad SMARTS) is 1. The highest BCUT2D eigenvalue weighted by Gasteiger charge is 2.17. The zero-order chi connectivity index (χ0) is 18.1. The van der Waals surface area contributed by atoms with Crippen LogP contribution in [0.3, 0.4) is 0 Å². The van der Waals surface area contributed by atoms with Crippen molar-refractivity contribution in [1.29, 1.82) is 0 Å². The van der Waals surface area contributed by atoms with Gasteiger partial charge in [0.25, 0.3) is 0 Å². The summed E-state index contributed by atoms with van der Waals surface area (Å²) in [6.07, 6.45) is 8.87. The van der Waals surface area contributed by atoms with Gasteiger partial charge in [0, 0.05) is 19.2 Å². The third-order valence-corrected chi connectivity index (χ3v) is 4.55. The molecule has 1 aliphatic heterocycles. The summed E-state index contributed by atoms with van der Waals surface area (Å²) in [6, 6.07) is 3.57. The van der Waals surface area contributed by atoms with Crippen LogP contribution in [0.5, 0.6) is 0 Å². The lowest BCUT2D eigenvalue weighted by Gasteiger charge is -2.17. The molecular formula is C19H29N3O3. The first-order valence-electron chi connectivity index (χ1n) is 9.29. The van der Waals surface area contributed by atoms with Crippen molar-refractivity contribution >= 4 is 17.7 Å². The number of aromatic nitrogens is 1. The van der Waals surface area contributed by atoms with E-state index in [0.29, 0.717) is 6.42 Å². The van der Waals surface area contributed by atoms with Crippen LogP contribution in [0.1, 0.15) is 63.1 Å². The van der Waals surface area contributed by atoms with E-state index in [-0.39, 0.29) is 5.91 Å². The van der Waals surface area contributed by atoms with Crippen molar-refractivity contribution in [2.75, 3.05) is 11.9 Å². The molecular weight excluding hydrogens is 318 g/mol. The van der Waals surface area contributed by atoms with E-state index < -0.39 is 12.0 Å². The monoisotopic (exact) mass is 347 g/mol. The van der Waals surface area contributed by atoms with E-state index in [2.05, 4.69) is 22.8 Å². The fraction of sp³-hybridized carbons (Fsp3) is 0.632. The molecule has 3 N–H and O–H groups in total. The second-order valence-corrected chi connectivity index (χ2v) is 6.74. The summed E-state index contributed by atoms with van der Waals surface area (Å²) in [7, 11) is 0. The molecule has 1 aliphatic rings. The third-order valence-electron chi connectivity index (χ3n) is 4.55. The lowest BCUT2D eigenvalue weighted by molar-refractivity contribution is -0.141. The SMILES string of the molecule is CC(=O)N[C@@H](CCCCCCCc1ccc2c(n1)NCCC2)C(=O)O. The average molecular weight is 347 g/mol. The largest absolute Gasteiger partial charge is 0.480 e. The van der Waals surface area contributed by atoms with Crippen LogP contribution >= 0.6 is 0 Å². The first-order chi connectivity index (χ1) is 12.1. The fourth-order valence-corrected chi connectivity index (χ4v) is 3.20. The minimum atomic E-state index is -0.956. The topological polar surface area (TPSA) is 91.3 Å². The second-order valence-electron chi connectivity index (χ2n) is 6.74. The second kappa shape index (κ2) is 10.0. The van der Waals surface area contributed by atoms with Crippen molar-refractivity contribution in [3.8, 4) is 0 Å². The predicted molar refractivity (Wildman–Crippen MR) is 97.7 cm³/mol. The van der Waals surface area contributed by atoms with Gasteiger partial charge < -0.3 is 15.7 Å². The molecule has 0 saturated heterocycles. The van der Waals surface area contributed by atoms with Gasteiger partial charge in [-0.25, -0.2) is 9.78 Å². The zero-order valence-corrected chi connectivity index (χ0v) is 15.0. The van der Waals surface area contributed by atoms with Crippen molar-refractivity contribution in [2.24, 2.45) is 0 Å². The van der Waals surface area contributed by atoms with E-state index in [1.54, 1.807) is 0 Å². The first-order valence-corrected chi connectivity index (χ1v) is 9.29. The van der Waals surface area contributed by atoms with Gasteiger partial charge in [-0.2, -0.15) is 0 Å². The first kappa shape index (κ1) is 19.2. The number of pyridine rings is 1. The molecule has 1 amide bonds. The maximum Gasteiger partial charge on any atom is 0.326 e. The minimum absolute atomic E-state index is 0.292. The lowest BCUT2D eigenvalue weighted by Crippen LogP contribution is -2.39. The highest BCUT2D eigenvalue weighted by atomic mass is 16.4. The normalized spacial score (nSPS) is 14.3. The van der Waals surface area contributed by atoms with Crippen LogP contribution in [-0.4, -0.2) is 34.6 Å². The molecule has 0 saturated carbocycles. The molecule has 1 aromatic rings. The molecule has 0 fully saturated rings. The van der Waals surface area contributed by atoms with E-state index in [4.69, 9.17) is 10.1 Å². The summed E-state index contributed by atoms with van der Waals surface area (Å²) in [5, 5.41) is 14.9. The number of nitrogens with one attached hydrogen (secondary N) is 2. The Morgan fingerprint density at radius 1 is 1.24 bits per heavy atom. The van der Waals surface area contributed by atoms with Gasteiger partial charge in [-0.15, -0.1) is 0 Å². The van der Waals surface area contributed by atoms with Crippen molar-refractivity contribution in [1.82, 2.24) is 10.3 Å². The van der Waals surface area contributed by atoms with Gasteiger partial charge in [0.1, 0.15) is 11.9 Å². The lowest BCUT2D eigenvalue weighted by atomic mass is 10.0. The van der Waals surface area contributed by atoms with E-state index in [9.17, 15) is 9.59 Å². The van der Waals surface area contributed by atoms with E-state index in [0.717, 1.165) is 63.0 Å². The highest BCUT2D eigenvalue weighted by Crippen LogP contribution is 2.20. The number of carbonyl (C=O) groups excluding carboxylic acids is 1. The molecule has 0 aliphatic carbocycles. The molecule has 2 rings (SSSR count). The molecule has 0 spiro atoms. The molecule has 0 aromatic carbocycles. The summed E-state index contributed by atoms with van der Waals surface area (Å²) in [6.45, 7) is 2.36. The number of carbonyl (C=O) groups is 2. The van der Waals surface area contributed by atoms with Crippen molar-refractivity contribution in [3.05, 3.63) is 23.4 Å². The van der Waals surface area contributed by atoms with Gasteiger partial charge in [0.05, 0.1) is 0 Å². The Morgan fingerprint density at radius 2 is 2.00 bits per heavy atom. The molecule has 1 atom stereocenters. The van der Waals surface area contributed by atoms with Gasteiger partial charge in [-0.05, 0) is 43.7 Å². The Balaban J connectivity index is 1.59. The van der Waals surface area contributed by atoms with Gasteiger partial charge in [-0.3, -0.25) is 4.79 Å². The number of rotatable bonds is 10. The number of aryl methyl sites for hydroxylation is 2. The fourth-order valence-electron chi connectivity index (χ4n) is 3.20. The smallest absolute Gasteiger partial charge is 0.326 e. The summed E-state index contributed by atoms with van der Waals surface area (Å²) in [5.41, 5.74) is 2.46. The number of amides is 1. The molecule has 0 radical (unpaired) electrons. The predicted octanol–water partition coefficient (Wildman–Crippen LogP) is 2.91. The van der Waals surface area contributed by atoms with Crippen LogP contribution < -0.4 is 10.6 Å². The van der Waals surface area contributed by atoms with Crippen molar-refractivity contribution in [3.63, 3.8) is 0 Å². The van der Waals surface area contributed by atoms with Crippen LogP contribution in [0, 0.1) is 0 Å². The number of hydrogen-bond donors (Lipinski definition) is 3.